The molecule has 1 amide bonds. The van der Waals surface area contributed by atoms with Crippen LogP contribution in [-0.2, 0) is 4.79 Å². The summed E-state index contributed by atoms with van der Waals surface area (Å²) < 4.78 is 0. The van der Waals surface area contributed by atoms with Crippen LogP contribution in [0.3, 0.4) is 0 Å². The third-order valence-corrected chi connectivity index (χ3v) is 2.80. The van der Waals surface area contributed by atoms with Crippen LogP contribution in [0.1, 0.15) is 19.8 Å². The number of carbonyl (C=O) groups excluding carboxylic acids is 1. The molecule has 0 aromatic carbocycles. The minimum Gasteiger partial charge on any atom is -0.395 e. The first-order chi connectivity index (χ1) is 7.79. The van der Waals surface area contributed by atoms with Gasteiger partial charge in [0.2, 0.25) is 5.91 Å². The van der Waals surface area contributed by atoms with Gasteiger partial charge in [0.1, 0.15) is 0 Å². The Morgan fingerprint density at radius 2 is 2.25 bits per heavy atom. The first-order valence-corrected chi connectivity index (χ1v) is 6.13. The van der Waals surface area contributed by atoms with E-state index in [1.54, 1.807) is 4.90 Å². The van der Waals surface area contributed by atoms with Crippen molar-refractivity contribution in [1.29, 1.82) is 0 Å². The molecule has 16 heavy (non-hydrogen) atoms. The first-order valence-electron chi connectivity index (χ1n) is 6.13. The average Bonchev–Trinajstić information content (AvgIpc) is 2.35. The lowest BCUT2D eigenvalue weighted by atomic mass is 10.2. The van der Waals surface area contributed by atoms with Gasteiger partial charge in [0.05, 0.1) is 12.6 Å². The lowest BCUT2D eigenvalue weighted by Crippen LogP contribution is -2.57. The van der Waals surface area contributed by atoms with Crippen molar-refractivity contribution in [3.05, 3.63) is 0 Å². The SMILES string of the molecule is CCCCN(CCO)C(=O)C1CNCCN1. The maximum Gasteiger partial charge on any atom is 0.241 e. The molecule has 1 unspecified atom stereocenters. The minimum atomic E-state index is -0.128. The topological polar surface area (TPSA) is 64.6 Å². The number of carbonyl (C=O) groups is 1. The van der Waals surface area contributed by atoms with Crippen molar-refractivity contribution in [2.75, 3.05) is 39.3 Å². The van der Waals surface area contributed by atoms with Crippen molar-refractivity contribution in [3.63, 3.8) is 0 Å². The summed E-state index contributed by atoms with van der Waals surface area (Å²) >= 11 is 0. The van der Waals surface area contributed by atoms with Crippen molar-refractivity contribution in [1.82, 2.24) is 15.5 Å². The largest absolute Gasteiger partial charge is 0.395 e. The van der Waals surface area contributed by atoms with Crippen LogP contribution in [-0.4, -0.2) is 61.3 Å². The van der Waals surface area contributed by atoms with E-state index in [0.29, 0.717) is 13.1 Å². The average molecular weight is 229 g/mol. The number of aliphatic hydroxyl groups excluding tert-OH is 1. The van der Waals surface area contributed by atoms with Gasteiger partial charge in [-0.1, -0.05) is 13.3 Å². The molecule has 0 spiro atoms. The van der Waals surface area contributed by atoms with Gasteiger partial charge in [0, 0.05) is 32.7 Å². The van der Waals surface area contributed by atoms with E-state index >= 15 is 0 Å². The van der Waals surface area contributed by atoms with Crippen LogP contribution in [0.15, 0.2) is 0 Å². The summed E-state index contributed by atoms with van der Waals surface area (Å²) in [5.41, 5.74) is 0. The molecule has 0 radical (unpaired) electrons. The van der Waals surface area contributed by atoms with Crippen LogP contribution in [0.4, 0.5) is 0 Å². The number of hydrogen-bond donors (Lipinski definition) is 3. The van der Waals surface area contributed by atoms with Crippen LogP contribution in [0.5, 0.6) is 0 Å². The van der Waals surface area contributed by atoms with Gasteiger partial charge in [-0.3, -0.25) is 4.79 Å². The molecule has 94 valence electrons. The van der Waals surface area contributed by atoms with E-state index in [1.807, 2.05) is 0 Å². The summed E-state index contributed by atoms with van der Waals surface area (Å²) in [5.74, 6) is 0.106. The van der Waals surface area contributed by atoms with E-state index in [1.165, 1.54) is 0 Å². The van der Waals surface area contributed by atoms with E-state index in [4.69, 9.17) is 5.11 Å². The number of amides is 1. The van der Waals surface area contributed by atoms with Gasteiger partial charge >= 0.3 is 0 Å². The molecule has 1 fully saturated rings. The second-order valence-electron chi connectivity index (χ2n) is 4.11. The fraction of sp³-hybridized carbons (Fsp3) is 0.909. The highest BCUT2D eigenvalue weighted by molar-refractivity contribution is 5.82. The van der Waals surface area contributed by atoms with Crippen LogP contribution in [0, 0.1) is 0 Å². The number of piperazine rings is 1. The Morgan fingerprint density at radius 3 is 2.81 bits per heavy atom. The van der Waals surface area contributed by atoms with Gasteiger partial charge in [-0.15, -0.1) is 0 Å². The lowest BCUT2D eigenvalue weighted by Gasteiger charge is -2.30. The zero-order valence-electron chi connectivity index (χ0n) is 10.0. The molecule has 1 atom stereocenters. The number of aliphatic hydroxyl groups is 1. The molecule has 0 saturated carbocycles. The van der Waals surface area contributed by atoms with Gasteiger partial charge in [0.15, 0.2) is 0 Å². The highest BCUT2D eigenvalue weighted by atomic mass is 16.3. The van der Waals surface area contributed by atoms with Crippen molar-refractivity contribution in [2.45, 2.75) is 25.8 Å². The molecule has 3 N–H and O–H groups in total. The smallest absolute Gasteiger partial charge is 0.241 e. The standard InChI is InChI=1S/C11H23N3O2/c1-2-3-6-14(7-8-15)11(16)10-9-12-4-5-13-10/h10,12-13,15H,2-9H2,1H3. The molecular weight excluding hydrogens is 206 g/mol. The van der Waals surface area contributed by atoms with Gasteiger partial charge in [0.25, 0.3) is 0 Å². The number of nitrogens with one attached hydrogen (secondary N) is 2. The predicted octanol–water partition coefficient (Wildman–Crippen LogP) is -0.831. The third kappa shape index (κ3) is 4.08. The quantitative estimate of drug-likeness (QED) is 0.556. The lowest BCUT2D eigenvalue weighted by molar-refractivity contribution is -0.134. The molecule has 1 heterocycles. The zero-order valence-corrected chi connectivity index (χ0v) is 10.0. The highest BCUT2D eigenvalue weighted by Crippen LogP contribution is 2.00. The maximum atomic E-state index is 12.1. The number of nitrogens with zero attached hydrogens (tertiary/aromatic N) is 1. The van der Waals surface area contributed by atoms with Gasteiger partial charge < -0.3 is 20.6 Å². The zero-order chi connectivity index (χ0) is 11.8. The van der Waals surface area contributed by atoms with Crippen LogP contribution >= 0.6 is 0 Å². The number of hydrogen-bond acceptors (Lipinski definition) is 4. The second-order valence-corrected chi connectivity index (χ2v) is 4.11. The van der Waals surface area contributed by atoms with Crippen LogP contribution < -0.4 is 10.6 Å². The van der Waals surface area contributed by atoms with E-state index in [-0.39, 0.29) is 18.6 Å². The maximum absolute atomic E-state index is 12.1. The van der Waals surface area contributed by atoms with E-state index in [2.05, 4.69) is 17.6 Å². The molecule has 0 aromatic heterocycles. The van der Waals surface area contributed by atoms with E-state index in [9.17, 15) is 4.79 Å². The molecular formula is C11H23N3O2. The fourth-order valence-corrected chi connectivity index (χ4v) is 1.85. The Hall–Kier alpha value is -0.650. The molecule has 5 nitrogen and oxygen atoms in total. The van der Waals surface area contributed by atoms with Gasteiger partial charge in [-0.2, -0.15) is 0 Å². The second kappa shape index (κ2) is 7.60. The van der Waals surface area contributed by atoms with Crippen LogP contribution in [0.25, 0.3) is 0 Å². The minimum absolute atomic E-state index is 0.0373. The van der Waals surface area contributed by atoms with Crippen molar-refractivity contribution in [2.24, 2.45) is 0 Å². The van der Waals surface area contributed by atoms with Crippen molar-refractivity contribution < 1.29 is 9.90 Å². The van der Waals surface area contributed by atoms with Gasteiger partial charge in [-0.25, -0.2) is 0 Å². The molecule has 1 saturated heterocycles. The fourth-order valence-electron chi connectivity index (χ4n) is 1.85. The van der Waals surface area contributed by atoms with Gasteiger partial charge in [-0.05, 0) is 6.42 Å². The Kier molecular flexibility index (Phi) is 6.37. The van der Waals surface area contributed by atoms with Crippen molar-refractivity contribution in [3.8, 4) is 0 Å². The molecule has 1 aliphatic heterocycles. The summed E-state index contributed by atoms with van der Waals surface area (Å²) in [6.07, 6.45) is 2.05. The first kappa shape index (κ1) is 13.4. The third-order valence-electron chi connectivity index (χ3n) is 2.80. The Balaban J connectivity index is 2.44. The normalized spacial score (nSPS) is 20.8. The molecule has 1 rings (SSSR count). The van der Waals surface area contributed by atoms with E-state index < -0.39 is 0 Å². The molecule has 0 bridgehead atoms. The van der Waals surface area contributed by atoms with Crippen LogP contribution in [0.2, 0.25) is 0 Å². The van der Waals surface area contributed by atoms with Crippen molar-refractivity contribution >= 4 is 5.91 Å². The summed E-state index contributed by atoms with van der Waals surface area (Å²) in [5, 5.41) is 15.3. The monoisotopic (exact) mass is 229 g/mol. The summed E-state index contributed by atoms with van der Waals surface area (Å²) in [4.78, 5) is 13.9. The molecule has 0 aliphatic carbocycles. The predicted molar refractivity (Wildman–Crippen MR) is 63.2 cm³/mol. The highest BCUT2D eigenvalue weighted by Gasteiger charge is 2.24. The Bertz CT molecular complexity index is 205. The Morgan fingerprint density at radius 1 is 1.44 bits per heavy atom. The summed E-state index contributed by atoms with van der Waals surface area (Å²) in [6, 6.07) is -0.128. The molecule has 0 aromatic rings. The number of unbranched alkanes of at least 4 members (excludes halogenated alkanes) is 1. The molecule has 1 aliphatic rings. The number of rotatable bonds is 6. The Labute approximate surface area is 97.2 Å². The molecule has 5 heteroatoms. The summed E-state index contributed by atoms with van der Waals surface area (Å²) in [7, 11) is 0. The summed E-state index contributed by atoms with van der Waals surface area (Å²) in [6.45, 7) is 5.76. The van der Waals surface area contributed by atoms with E-state index in [0.717, 1.165) is 32.5 Å².